The van der Waals surface area contributed by atoms with Crippen molar-refractivity contribution in [2.45, 2.75) is 44.8 Å². The SMILES string of the molecule is CC1(C)OB([C@H](N)c2cccc3c2OCO3)OC1(C)C. The van der Waals surface area contributed by atoms with Crippen LogP contribution in [0.25, 0.3) is 0 Å². The Hall–Kier alpha value is -1.24. The van der Waals surface area contributed by atoms with Gasteiger partial charge in [-0.3, -0.25) is 0 Å². The summed E-state index contributed by atoms with van der Waals surface area (Å²) in [5.74, 6) is 0.983. The van der Waals surface area contributed by atoms with E-state index in [9.17, 15) is 0 Å². The lowest BCUT2D eigenvalue weighted by Gasteiger charge is -2.32. The molecule has 1 atom stereocenters. The van der Waals surface area contributed by atoms with E-state index in [1.54, 1.807) is 0 Å². The van der Waals surface area contributed by atoms with E-state index in [0.29, 0.717) is 5.75 Å². The third-order valence-corrected chi connectivity index (χ3v) is 4.35. The van der Waals surface area contributed by atoms with E-state index in [4.69, 9.17) is 24.5 Å². The molecule has 1 fully saturated rings. The standard InChI is InChI=1S/C14H20BNO4/c1-13(2)14(3,4)20-15(19-13)12(16)9-6-5-7-10-11(9)18-8-17-10/h5-7,12H,8,16H2,1-4H3/t12-/m1/s1. The molecule has 3 rings (SSSR count). The lowest BCUT2D eigenvalue weighted by molar-refractivity contribution is 0.00578. The Morgan fingerprint density at radius 1 is 1.10 bits per heavy atom. The minimum Gasteiger partial charge on any atom is -0.454 e. The summed E-state index contributed by atoms with van der Waals surface area (Å²) in [6.45, 7) is 8.26. The molecule has 5 nitrogen and oxygen atoms in total. The normalized spacial score (nSPS) is 23.9. The second kappa shape index (κ2) is 4.38. The van der Waals surface area contributed by atoms with Crippen LogP contribution in [0.1, 0.15) is 39.2 Å². The van der Waals surface area contributed by atoms with Crippen molar-refractivity contribution in [3.05, 3.63) is 23.8 Å². The van der Waals surface area contributed by atoms with Crippen molar-refractivity contribution in [1.29, 1.82) is 0 Å². The van der Waals surface area contributed by atoms with Gasteiger partial charge in [-0.15, -0.1) is 0 Å². The van der Waals surface area contributed by atoms with Crippen LogP contribution in [0.2, 0.25) is 0 Å². The summed E-state index contributed by atoms with van der Waals surface area (Å²) in [4.78, 5) is 0. The highest BCUT2D eigenvalue weighted by Gasteiger charge is 2.53. The summed E-state index contributed by atoms with van der Waals surface area (Å²) in [6.07, 6.45) is 0. The van der Waals surface area contributed by atoms with Gasteiger partial charge in [-0.25, -0.2) is 0 Å². The molecule has 2 aliphatic heterocycles. The van der Waals surface area contributed by atoms with Crippen molar-refractivity contribution in [2.75, 3.05) is 6.79 Å². The second-order valence-electron chi connectivity index (χ2n) is 6.23. The Morgan fingerprint density at radius 3 is 2.40 bits per heavy atom. The van der Waals surface area contributed by atoms with Crippen LogP contribution in [0, 0.1) is 0 Å². The maximum Gasteiger partial charge on any atom is 0.480 e. The fraction of sp³-hybridized carbons (Fsp3) is 0.571. The molecule has 6 heteroatoms. The van der Waals surface area contributed by atoms with Crippen LogP contribution in [-0.4, -0.2) is 25.1 Å². The van der Waals surface area contributed by atoms with Crippen LogP contribution in [0.4, 0.5) is 0 Å². The maximum atomic E-state index is 6.33. The molecule has 0 aliphatic carbocycles. The Balaban J connectivity index is 1.88. The lowest BCUT2D eigenvalue weighted by atomic mass is 9.74. The zero-order valence-corrected chi connectivity index (χ0v) is 12.3. The molecule has 0 amide bonds. The van der Waals surface area contributed by atoms with Gasteiger partial charge >= 0.3 is 7.12 Å². The van der Waals surface area contributed by atoms with Crippen LogP contribution < -0.4 is 15.2 Å². The molecule has 0 radical (unpaired) electrons. The number of rotatable bonds is 2. The van der Waals surface area contributed by atoms with Crippen LogP contribution in [0.3, 0.4) is 0 Å². The largest absolute Gasteiger partial charge is 0.480 e. The molecule has 2 heterocycles. The molecule has 0 aromatic heterocycles. The lowest BCUT2D eigenvalue weighted by Crippen LogP contribution is -2.41. The zero-order chi connectivity index (χ0) is 14.5. The average Bonchev–Trinajstić information content (AvgIpc) is 2.91. The number of para-hydroxylation sites is 1. The van der Waals surface area contributed by atoms with Crippen molar-refractivity contribution >= 4 is 7.12 Å². The summed E-state index contributed by atoms with van der Waals surface area (Å²) < 4.78 is 22.9. The summed E-state index contributed by atoms with van der Waals surface area (Å²) in [5.41, 5.74) is 6.38. The maximum absolute atomic E-state index is 6.33. The topological polar surface area (TPSA) is 62.9 Å². The van der Waals surface area contributed by atoms with E-state index in [0.717, 1.165) is 11.3 Å². The van der Waals surface area contributed by atoms with Crippen LogP contribution in [-0.2, 0) is 9.31 Å². The van der Waals surface area contributed by atoms with Crippen LogP contribution in [0.5, 0.6) is 11.5 Å². The molecule has 108 valence electrons. The molecule has 0 bridgehead atoms. The first kappa shape index (κ1) is 13.7. The van der Waals surface area contributed by atoms with Crippen molar-refractivity contribution in [1.82, 2.24) is 0 Å². The van der Waals surface area contributed by atoms with E-state index < -0.39 is 24.3 Å². The molecule has 1 saturated heterocycles. The van der Waals surface area contributed by atoms with E-state index in [1.807, 2.05) is 45.9 Å². The quantitative estimate of drug-likeness (QED) is 0.838. The first-order valence-corrected chi connectivity index (χ1v) is 6.81. The van der Waals surface area contributed by atoms with Crippen LogP contribution >= 0.6 is 0 Å². The van der Waals surface area contributed by atoms with Gasteiger partial charge in [0.05, 0.1) is 17.1 Å². The first-order valence-electron chi connectivity index (χ1n) is 6.81. The Morgan fingerprint density at radius 2 is 1.75 bits per heavy atom. The molecule has 2 N–H and O–H groups in total. The van der Waals surface area contributed by atoms with Gasteiger partial charge in [-0.05, 0) is 33.8 Å². The predicted molar refractivity (Wildman–Crippen MR) is 75.6 cm³/mol. The average molecular weight is 277 g/mol. The monoisotopic (exact) mass is 277 g/mol. The highest BCUT2D eigenvalue weighted by Crippen LogP contribution is 2.43. The molecule has 1 aromatic carbocycles. The predicted octanol–water partition coefficient (Wildman–Crippen LogP) is 2.05. The number of hydrogen-bond acceptors (Lipinski definition) is 5. The molecular formula is C14H20BNO4. The van der Waals surface area contributed by atoms with E-state index >= 15 is 0 Å². The molecule has 0 unspecified atom stereocenters. The number of hydrogen-bond donors (Lipinski definition) is 1. The molecular weight excluding hydrogens is 257 g/mol. The number of nitrogens with two attached hydrogens (primary N) is 1. The highest BCUT2D eigenvalue weighted by molar-refractivity contribution is 6.47. The third-order valence-electron chi connectivity index (χ3n) is 4.35. The molecule has 0 saturated carbocycles. The molecule has 20 heavy (non-hydrogen) atoms. The van der Waals surface area contributed by atoms with Crippen molar-refractivity contribution in [3.63, 3.8) is 0 Å². The van der Waals surface area contributed by atoms with Gasteiger partial charge in [0.15, 0.2) is 11.5 Å². The third kappa shape index (κ3) is 1.99. The minimum atomic E-state index is -0.504. The van der Waals surface area contributed by atoms with Gasteiger partial charge < -0.3 is 24.5 Å². The van der Waals surface area contributed by atoms with Gasteiger partial charge in [-0.1, -0.05) is 12.1 Å². The summed E-state index contributed by atoms with van der Waals surface area (Å²) in [6, 6.07) is 5.68. The molecule has 1 aromatic rings. The Bertz CT molecular complexity index is 516. The molecule has 2 aliphatic rings. The van der Waals surface area contributed by atoms with Crippen molar-refractivity contribution < 1.29 is 18.8 Å². The fourth-order valence-corrected chi connectivity index (χ4v) is 2.40. The van der Waals surface area contributed by atoms with Gasteiger partial charge in [-0.2, -0.15) is 0 Å². The Kier molecular flexibility index (Phi) is 3.01. The van der Waals surface area contributed by atoms with Crippen molar-refractivity contribution in [2.24, 2.45) is 5.73 Å². The van der Waals surface area contributed by atoms with Crippen LogP contribution in [0.15, 0.2) is 18.2 Å². The number of fused-ring (bicyclic) bond motifs is 1. The number of ether oxygens (including phenoxy) is 2. The summed E-state index contributed by atoms with van der Waals surface area (Å²) >= 11 is 0. The van der Waals surface area contributed by atoms with E-state index in [-0.39, 0.29) is 6.79 Å². The highest BCUT2D eigenvalue weighted by atomic mass is 16.7. The summed E-state index contributed by atoms with van der Waals surface area (Å²) in [7, 11) is -0.504. The second-order valence-corrected chi connectivity index (χ2v) is 6.23. The fourth-order valence-electron chi connectivity index (χ4n) is 2.40. The summed E-state index contributed by atoms with van der Waals surface area (Å²) in [5, 5.41) is 0. The van der Waals surface area contributed by atoms with E-state index in [1.165, 1.54) is 0 Å². The van der Waals surface area contributed by atoms with Crippen molar-refractivity contribution in [3.8, 4) is 11.5 Å². The first-order chi connectivity index (χ1) is 9.32. The Labute approximate surface area is 119 Å². The smallest absolute Gasteiger partial charge is 0.454 e. The molecule has 0 spiro atoms. The minimum absolute atomic E-state index is 0.225. The van der Waals surface area contributed by atoms with Gasteiger partial charge in [0, 0.05) is 5.56 Å². The number of benzene rings is 1. The van der Waals surface area contributed by atoms with Gasteiger partial charge in [0.1, 0.15) is 0 Å². The van der Waals surface area contributed by atoms with E-state index in [2.05, 4.69) is 0 Å². The zero-order valence-electron chi connectivity index (χ0n) is 12.3. The van der Waals surface area contributed by atoms with Gasteiger partial charge in [0.2, 0.25) is 6.79 Å². The van der Waals surface area contributed by atoms with Gasteiger partial charge in [0.25, 0.3) is 0 Å².